The highest BCUT2D eigenvalue weighted by atomic mass is 127. The first kappa shape index (κ1) is 25.3. The molecule has 0 radical (unpaired) electrons. The van der Waals surface area contributed by atoms with Crippen LogP contribution >= 0.6 is 0 Å². The number of likely N-dealkylation sites (N-methyl/N-ethyl adjacent to an activating group) is 1. The minimum absolute atomic E-state index is 0. The van der Waals surface area contributed by atoms with Crippen molar-refractivity contribution in [2.24, 2.45) is 0 Å². The number of methoxy groups -OCH3 is 2. The zero-order valence-corrected chi connectivity index (χ0v) is 20.4. The Morgan fingerprint density at radius 1 is 0.724 bits per heavy atom. The first-order valence-corrected chi connectivity index (χ1v) is 10.1. The van der Waals surface area contributed by atoms with E-state index < -0.39 is 0 Å². The number of quaternary nitrogens is 1. The van der Waals surface area contributed by atoms with E-state index >= 15 is 0 Å². The smallest absolute Gasteiger partial charge is 0.137 e. The molecule has 5 heteroatoms. The van der Waals surface area contributed by atoms with Crippen LogP contribution in [0.25, 0.3) is 12.2 Å². The molecule has 29 heavy (non-hydrogen) atoms. The zero-order valence-electron chi connectivity index (χ0n) is 18.3. The van der Waals surface area contributed by atoms with Crippen molar-refractivity contribution in [3.05, 3.63) is 53.6 Å². The van der Waals surface area contributed by atoms with Crippen molar-refractivity contribution >= 4 is 12.2 Å². The minimum Gasteiger partial charge on any atom is -1.00 e. The van der Waals surface area contributed by atoms with Gasteiger partial charge in [0.1, 0.15) is 30.4 Å². The molecule has 2 aromatic carbocycles. The van der Waals surface area contributed by atoms with E-state index in [1.54, 1.807) is 14.2 Å². The van der Waals surface area contributed by atoms with E-state index in [2.05, 4.69) is 45.1 Å². The normalized spacial score (nSPS) is 11.2. The highest BCUT2D eigenvalue weighted by molar-refractivity contribution is 5.71. The Labute approximate surface area is 193 Å². The number of halogens is 1. The summed E-state index contributed by atoms with van der Waals surface area (Å²) in [5, 5.41) is 0. The van der Waals surface area contributed by atoms with Crippen LogP contribution in [0.4, 0.5) is 0 Å². The average molecular weight is 511 g/mol. The van der Waals surface area contributed by atoms with Gasteiger partial charge in [-0.2, -0.15) is 0 Å². The van der Waals surface area contributed by atoms with Crippen LogP contribution in [0, 0.1) is 0 Å². The molecule has 0 saturated heterocycles. The van der Waals surface area contributed by atoms with E-state index in [0.717, 1.165) is 65.6 Å². The van der Waals surface area contributed by atoms with Gasteiger partial charge in [0.15, 0.2) is 0 Å². The largest absolute Gasteiger partial charge is 1.00 e. The molecule has 0 atom stereocenters. The molecule has 0 spiro atoms. The Bertz CT molecular complexity index is 725. The number of ether oxygens (including phenoxy) is 3. The minimum atomic E-state index is 0. The lowest BCUT2D eigenvalue weighted by molar-refractivity contribution is -0.923. The summed E-state index contributed by atoms with van der Waals surface area (Å²) in [6.45, 7) is 12.0. The van der Waals surface area contributed by atoms with Crippen molar-refractivity contribution < 1.29 is 42.7 Å². The number of hydrogen-bond acceptors (Lipinski definition) is 3. The molecule has 0 saturated carbocycles. The zero-order chi connectivity index (χ0) is 20.4. The van der Waals surface area contributed by atoms with Crippen LogP contribution in [-0.4, -0.2) is 51.5 Å². The summed E-state index contributed by atoms with van der Waals surface area (Å²) < 4.78 is 17.7. The maximum Gasteiger partial charge on any atom is 0.137 e. The molecule has 0 aliphatic rings. The van der Waals surface area contributed by atoms with Gasteiger partial charge in [-0.25, -0.2) is 0 Å². The van der Waals surface area contributed by atoms with Gasteiger partial charge in [0.25, 0.3) is 0 Å². The topological polar surface area (TPSA) is 27.7 Å². The number of rotatable bonds is 11. The highest BCUT2D eigenvalue weighted by Crippen LogP contribution is 2.24. The standard InChI is InChI=1S/C24H34NO3.HI/c1-6-25(7-2,8-3)15-16-28-22-13-11-20(12-14-22)9-10-21-17-23(26-4)19-24(18-21)27-5;/h9-14,17-19H,6-8,15-16H2,1-5H3;1H/q+1;/p-1/b10-9+;. The van der Waals surface area contributed by atoms with Gasteiger partial charge in [-0.15, -0.1) is 0 Å². The maximum atomic E-state index is 5.97. The Morgan fingerprint density at radius 2 is 1.24 bits per heavy atom. The first-order chi connectivity index (χ1) is 13.6. The van der Waals surface area contributed by atoms with Crippen molar-refractivity contribution in [1.82, 2.24) is 0 Å². The molecule has 0 aliphatic carbocycles. The fourth-order valence-corrected chi connectivity index (χ4v) is 3.30. The molecule has 0 aromatic heterocycles. The van der Waals surface area contributed by atoms with Crippen molar-refractivity contribution in [3.63, 3.8) is 0 Å². The van der Waals surface area contributed by atoms with Gasteiger partial charge in [0, 0.05) is 6.07 Å². The summed E-state index contributed by atoms with van der Waals surface area (Å²) in [5.74, 6) is 2.48. The molecular formula is C24H34INO3. The summed E-state index contributed by atoms with van der Waals surface area (Å²) in [5.41, 5.74) is 2.15. The van der Waals surface area contributed by atoms with E-state index in [1.165, 1.54) is 0 Å². The lowest BCUT2D eigenvalue weighted by Crippen LogP contribution is -3.00. The van der Waals surface area contributed by atoms with Gasteiger partial charge in [-0.05, 0) is 56.2 Å². The lowest BCUT2D eigenvalue weighted by Gasteiger charge is -2.35. The lowest BCUT2D eigenvalue weighted by atomic mass is 10.1. The third-order valence-corrected chi connectivity index (χ3v) is 5.57. The summed E-state index contributed by atoms with van der Waals surface area (Å²) in [6.07, 6.45) is 4.13. The molecule has 0 N–H and O–H groups in total. The number of hydrogen-bond donors (Lipinski definition) is 0. The van der Waals surface area contributed by atoms with Crippen LogP contribution in [0.1, 0.15) is 31.9 Å². The maximum absolute atomic E-state index is 5.97. The molecule has 0 heterocycles. The van der Waals surface area contributed by atoms with Gasteiger partial charge in [0.05, 0.1) is 33.9 Å². The van der Waals surface area contributed by atoms with Crippen LogP contribution in [0.15, 0.2) is 42.5 Å². The molecule has 160 valence electrons. The summed E-state index contributed by atoms with van der Waals surface area (Å²) in [7, 11) is 3.32. The van der Waals surface area contributed by atoms with Gasteiger partial charge in [-0.1, -0.05) is 24.3 Å². The van der Waals surface area contributed by atoms with Crippen molar-refractivity contribution in [1.29, 1.82) is 0 Å². The van der Waals surface area contributed by atoms with Crippen LogP contribution in [-0.2, 0) is 0 Å². The molecule has 0 unspecified atom stereocenters. The van der Waals surface area contributed by atoms with Crippen molar-refractivity contribution in [3.8, 4) is 17.2 Å². The second-order valence-corrected chi connectivity index (χ2v) is 6.91. The second kappa shape index (κ2) is 12.8. The van der Waals surface area contributed by atoms with E-state index in [9.17, 15) is 0 Å². The van der Waals surface area contributed by atoms with Gasteiger partial charge in [-0.3, -0.25) is 0 Å². The van der Waals surface area contributed by atoms with Crippen LogP contribution in [0.2, 0.25) is 0 Å². The van der Waals surface area contributed by atoms with Crippen LogP contribution < -0.4 is 38.2 Å². The van der Waals surface area contributed by atoms with Gasteiger partial charge >= 0.3 is 0 Å². The average Bonchev–Trinajstić information content (AvgIpc) is 2.76. The van der Waals surface area contributed by atoms with Crippen molar-refractivity contribution in [2.75, 3.05) is 47.0 Å². The number of benzene rings is 2. The molecular weight excluding hydrogens is 477 g/mol. The summed E-state index contributed by atoms with van der Waals surface area (Å²) in [6, 6.07) is 14.0. The predicted molar refractivity (Wildman–Crippen MR) is 117 cm³/mol. The van der Waals surface area contributed by atoms with Crippen molar-refractivity contribution in [2.45, 2.75) is 20.8 Å². The summed E-state index contributed by atoms with van der Waals surface area (Å²) >= 11 is 0. The van der Waals surface area contributed by atoms with Gasteiger partial charge < -0.3 is 42.7 Å². The Kier molecular flexibility index (Phi) is 11.1. The second-order valence-electron chi connectivity index (χ2n) is 6.91. The Hall–Kier alpha value is -1.73. The predicted octanol–water partition coefficient (Wildman–Crippen LogP) is 2.13. The van der Waals surface area contributed by atoms with Crippen LogP contribution in [0.5, 0.6) is 17.2 Å². The van der Waals surface area contributed by atoms with E-state index in [-0.39, 0.29) is 24.0 Å². The quantitative estimate of drug-likeness (QED) is 0.263. The fourth-order valence-electron chi connectivity index (χ4n) is 3.30. The number of nitrogens with zero attached hydrogens (tertiary/aromatic N) is 1. The molecule has 0 amide bonds. The summed E-state index contributed by atoms with van der Waals surface area (Å²) in [4.78, 5) is 0. The van der Waals surface area contributed by atoms with Crippen LogP contribution in [0.3, 0.4) is 0 Å². The monoisotopic (exact) mass is 511 g/mol. The fraction of sp³-hybridized carbons (Fsp3) is 0.417. The SMILES string of the molecule is CC[N+](CC)(CC)CCOc1ccc(/C=C/c2cc(OC)cc(OC)c2)cc1.[I-]. The van der Waals surface area contributed by atoms with Gasteiger partial charge in [0.2, 0.25) is 0 Å². The van der Waals surface area contributed by atoms with E-state index in [4.69, 9.17) is 14.2 Å². The first-order valence-electron chi connectivity index (χ1n) is 10.1. The molecule has 2 aromatic rings. The molecule has 4 nitrogen and oxygen atoms in total. The third kappa shape index (κ3) is 7.55. The van der Waals surface area contributed by atoms with E-state index in [1.807, 2.05) is 30.3 Å². The highest BCUT2D eigenvalue weighted by Gasteiger charge is 2.20. The Balaban J connectivity index is 0.00000420. The molecule has 2 rings (SSSR count). The van der Waals surface area contributed by atoms with E-state index in [0.29, 0.717) is 0 Å². The Morgan fingerprint density at radius 3 is 1.72 bits per heavy atom. The molecule has 0 aliphatic heterocycles. The molecule has 0 fully saturated rings. The third-order valence-electron chi connectivity index (χ3n) is 5.57. The molecule has 0 bridgehead atoms.